The molecule has 3 aromatic rings. The van der Waals surface area contributed by atoms with Crippen LogP contribution in [0.3, 0.4) is 0 Å². The van der Waals surface area contributed by atoms with Crippen molar-refractivity contribution in [1.29, 1.82) is 5.26 Å². The monoisotopic (exact) mass is 416 g/mol. The number of nitrogens with zero attached hydrogens (tertiary/aromatic N) is 3. The molecule has 3 rings (SSSR count). The van der Waals surface area contributed by atoms with Gasteiger partial charge in [0.15, 0.2) is 5.69 Å². The number of hydrogen-bond acceptors (Lipinski definition) is 5. The van der Waals surface area contributed by atoms with Crippen molar-refractivity contribution in [3.05, 3.63) is 59.2 Å². The molecule has 142 valence electrons. The first kappa shape index (κ1) is 19.6. The highest BCUT2D eigenvalue weighted by Crippen LogP contribution is 2.35. The van der Waals surface area contributed by atoms with Gasteiger partial charge >= 0.3 is 5.97 Å². The predicted octanol–water partition coefficient (Wildman–Crippen LogP) is 2.74. The summed E-state index contributed by atoms with van der Waals surface area (Å²) in [5.74, 6) is -1.25. The van der Waals surface area contributed by atoms with E-state index in [2.05, 4.69) is 5.10 Å². The Morgan fingerprint density at radius 2 is 1.71 bits per heavy atom. The number of aromatic nitrogens is 2. The lowest BCUT2D eigenvalue weighted by molar-refractivity contribution is 0.0685. The molecule has 10 heteroatoms. The molecule has 0 aliphatic heterocycles. The molecule has 0 aliphatic rings. The van der Waals surface area contributed by atoms with Gasteiger partial charge in [-0.3, -0.25) is 0 Å². The second-order valence-electron chi connectivity index (χ2n) is 5.77. The Bertz CT molecular complexity index is 1190. The molecule has 1 aromatic heterocycles. The van der Waals surface area contributed by atoms with Gasteiger partial charge in [0.2, 0.25) is 10.0 Å². The van der Waals surface area contributed by atoms with Crippen molar-refractivity contribution in [2.75, 3.05) is 0 Å². The second kappa shape index (κ2) is 7.44. The van der Waals surface area contributed by atoms with Gasteiger partial charge < -0.3 is 5.11 Å². The van der Waals surface area contributed by atoms with Gasteiger partial charge in [0.1, 0.15) is 12.2 Å². The summed E-state index contributed by atoms with van der Waals surface area (Å²) in [4.78, 5) is 11.8. The zero-order valence-corrected chi connectivity index (χ0v) is 15.8. The number of carboxylic acids is 1. The average molecular weight is 417 g/mol. The van der Waals surface area contributed by atoms with E-state index in [0.29, 0.717) is 21.7 Å². The van der Waals surface area contributed by atoms with Crippen molar-refractivity contribution in [2.24, 2.45) is 5.14 Å². The maximum absolute atomic E-state index is 11.9. The van der Waals surface area contributed by atoms with Crippen molar-refractivity contribution in [1.82, 2.24) is 9.78 Å². The van der Waals surface area contributed by atoms with Crippen LogP contribution < -0.4 is 5.14 Å². The molecule has 0 aliphatic carbocycles. The lowest BCUT2D eigenvalue weighted by Crippen LogP contribution is -2.11. The zero-order valence-electron chi connectivity index (χ0n) is 14.2. The highest BCUT2D eigenvalue weighted by molar-refractivity contribution is 7.89. The Kier molecular flexibility index (Phi) is 5.20. The number of halogens is 1. The first-order valence-corrected chi connectivity index (χ1v) is 9.75. The minimum Gasteiger partial charge on any atom is -0.477 e. The number of benzene rings is 2. The number of primary sulfonamides is 1. The summed E-state index contributed by atoms with van der Waals surface area (Å²) in [6.07, 6.45) is 0. The Balaban J connectivity index is 2.28. The standard InChI is InChI=1S/C18H13ClN4O4S/c19-13-5-1-11(2-6-13)15-16(22-23(10-9-20)17(15)18(24)25)12-3-7-14(8-4-12)28(21,26)27/h1-8H,10H2,(H,24,25)(H2,21,26,27). The third kappa shape index (κ3) is 3.75. The third-order valence-corrected chi connectivity index (χ3v) is 5.15. The summed E-state index contributed by atoms with van der Waals surface area (Å²) in [6, 6.07) is 13.9. The van der Waals surface area contributed by atoms with E-state index in [9.17, 15) is 18.3 Å². The molecule has 3 N–H and O–H groups in total. The minimum atomic E-state index is -3.87. The van der Waals surface area contributed by atoms with E-state index in [4.69, 9.17) is 22.0 Å². The quantitative estimate of drug-likeness (QED) is 0.655. The van der Waals surface area contributed by atoms with Crippen molar-refractivity contribution in [3.63, 3.8) is 0 Å². The molecule has 0 unspecified atom stereocenters. The van der Waals surface area contributed by atoms with Gasteiger partial charge in [-0.25, -0.2) is 23.0 Å². The summed E-state index contributed by atoms with van der Waals surface area (Å²) >= 11 is 5.92. The maximum Gasteiger partial charge on any atom is 0.354 e. The summed E-state index contributed by atoms with van der Waals surface area (Å²) in [6.45, 7) is -0.266. The lowest BCUT2D eigenvalue weighted by Gasteiger charge is -2.06. The van der Waals surface area contributed by atoms with Crippen LogP contribution in [0.2, 0.25) is 5.02 Å². The number of carboxylic acid groups (broad SMARTS) is 1. The summed E-state index contributed by atoms with van der Waals surface area (Å²) in [5, 5.41) is 28.6. The van der Waals surface area contributed by atoms with Gasteiger partial charge in [-0.15, -0.1) is 0 Å². The van der Waals surface area contributed by atoms with E-state index < -0.39 is 16.0 Å². The van der Waals surface area contributed by atoms with Crippen molar-refractivity contribution in [2.45, 2.75) is 11.4 Å². The smallest absolute Gasteiger partial charge is 0.354 e. The Morgan fingerprint density at radius 3 is 2.21 bits per heavy atom. The van der Waals surface area contributed by atoms with Crippen LogP contribution in [0.25, 0.3) is 22.4 Å². The Hall–Kier alpha value is -3.19. The Morgan fingerprint density at radius 1 is 1.14 bits per heavy atom. The van der Waals surface area contributed by atoms with Crippen LogP contribution >= 0.6 is 11.6 Å². The van der Waals surface area contributed by atoms with Gasteiger partial charge in [0.25, 0.3) is 0 Å². The van der Waals surface area contributed by atoms with E-state index in [-0.39, 0.29) is 22.8 Å². The molecule has 0 bridgehead atoms. The van der Waals surface area contributed by atoms with Crippen LogP contribution in [0, 0.1) is 11.3 Å². The SMILES string of the molecule is N#CCn1nc(-c2ccc(S(N)(=O)=O)cc2)c(-c2ccc(Cl)cc2)c1C(=O)O. The molecule has 0 spiro atoms. The molecule has 1 heterocycles. The summed E-state index contributed by atoms with van der Waals surface area (Å²) in [5.41, 5.74) is 1.43. The fourth-order valence-corrected chi connectivity index (χ4v) is 3.40. The lowest BCUT2D eigenvalue weighted by atomic mass is 9.99. The van der Waals surface area contributed by atoms with Crippen LogP contribution in [0.4, 0.5) is 0 Å². The van der Waals surface area contributed by atoms with Gasteiger partial charge in [-0.2, -0.15) is 10.4 Å². The minimum absolute atomic E-state index is 0.0841. The van der Waals surface area contributed by atoms with Crippen molar-refractivity contribution >= 4 is 27.6 Å². The van der Waals surface area contributed by atoms with Crippen LogP contribution in [0.15, 0.2) is 53.4 Å². The molecule has 0 radical (unpaired) electrons. The average Bonchev–Trinajstić information content (AvgIpc) is 3.01. The van der Waals surface area contributed by atoms with Gasteiger partial charge in [-0.05, 0) is 29.8 Å². The van der Waals surface area contributed by atoms with E-state index in [1.807, 2.05) is 6.07 Å². The number of nitriles is 1. The van der Waals surface area contributed by atoms with E-state index in [1.165, 1.54) is 24.3 Å². The fraction of sp³-hybridized carbons (Fsp3) is 0.0556. The normalized spacial score (nSPS) is 11.2. The first-order valence-electron chi connectivity index (χ1n) is 7.82. The van der Waals surface area contributed by atoms with Crippen LogP contribution in [-0.2, 0) is 16.6 Å². The number of sulfonamides is 1. The topological polar surface area (TPSA) is 139 Å². The predicted molar refractivity (Wildman–Crippen MR) is 102 cm³/mol. The second-order valence-corrected chi connectivity index (χ2v) is 7.77. The Labute approximate surface area is 165 Å². The van der Waals surface area contributed by atoms with Crippen molar-refractivity contribution in [3.8, 4) is 28.5 Å². The van der Waals surface area contributed by atoms with E-state index in [1.54, 1.807) is 24.3 Å². The molecule has 0 atom stereocenters. The highest BCUT2D eigenvalue weighted by atomic mass is 35.5. The van der Waals surface area contributed by atoms with Crippen LogP contribution in [-0.4, -0.2) is 29.3 Å². The molecule has 28 heavy (non-hydrogen) atoms. The van der Waals surface area contributed by atoms with Gasteiger partial charge in [0, 0.05) is 16.1 Å². The number of nitrogens with two attached hydrogens (primary N) is 1. The molecule has 0 fully saturated rings. The van der Waals surface area contributed by atoms with Crippen molar-refractivity contribution < 1.29 is 18.3 Å². The molecular formula is C18H13ClN4O4S. The first-order chi connectivity index (χ1) is 13.2. The molecule has 0 amide bonds. The molecule has 8 nitrogen and oxygen atoms in total. The maximum atomic E-state index is 11.9. The fourth-order valence-electron chi connectivity index (χ4n) is 2.76. The highest BCUT2D eigenvalue weighted by Gasteiger charge is 2.25. The van der Waals surface area contributed by atoms with E-state index >= 15 is 0 Å². The summed E-state index contributed by atoms with van der Waals surface area (Å²) < 4.78 is 24.0. The molecule has 0 saturated carbocycles. The largest absolute Gasteiger partial charge is 0.477 e. The van der Waals surface area contributed by atoms with E-state index in [0.717, 1.165) is 4.68 Å². The zero-order chi connectivity index (χ0) is 20.5. The van der Waals surface area contributed by atoms with Crippen LogP contribution in [0.5, 0.6) is 0 Å². The number of aromatic carboxylic acids is 1. The third-order valence-electron chi connectivity index (χ3n) is 3.96. The number of hydrogen-bond donors (Lipinski definition) is 2. The number of rotatable bonds is 5. The van der Waals surface area contributed by atoms with Crippen LogP contribution in [0.1, 0.15) is 10.5 Å². The number of carbonyl (C=O) groups is 1. The molecule has 0 saturated heterocycles. The van der Waals surface area contributed by atoms with Gasteiger partial charge in [0.05, 0.1) is 11.0 Å². The van der Waals surface area contributed by atoms with Gasteiger partial charge in [-0.1, -0.05) is 35.9 Å². The molecular weight excluding hydrogens is 404 g/mol. The molecule has 2 aromatic carbocycles. The summed E-state index contributed by atoms with van der Waals surface area (Å²) in [7, 11) is -3.87.